The van der Waals surface area contributed by atoms with E-state index in [-0.39, 0.29) is 0 Å². The average Bonchev–Trinajstić information content (AvgIpc) is 2.22. The molecule has 0 aromatic carbocycles. The van der Waals surface area contributed by atoms with Gasteiger partial charge in [-0.1, -0.05) is 19.3 Å². The summed E-state index contributed by atoms with van der Waals surface area (Å²) in [4.78, 5) is 4.12. The number of hydrogen-bond acceptors (Lipinski definition) is 2. The van der Waals surface area contributed by atoms with Gasteiger partial charge in [-0.25, -0.2) is 0 Å². The molecule has 1 saturated carbocycles. The molecule has 0 amide bonds. The molecule has 2 nitrogen and oxygen atoms in total. The zero-order valence-corrected chi connectivity index (χ0v) is 10.4. The monoisotopic (exact) mass is 218 g/mol. The number of nitrogens with one attached hydrogen (secondary N) is 1. The lowest BCUT2D eigenvalue weighted by atomic mass is 9.81. The van der Waals surface area contributed by atoms with Gasteiger partial charge in [-0.3, -0.25) is 4.98 Å². The first-order chi connectivity index (χ1) is 7.75. The second-order valence-corrected chi connectivity index (χ2v) is 5.12. The van der Waals surface area contributed by atoms with Crippen LogP contribution in [0.25, 0.3) is 0 Å². The zero-order valence-electron chi connectivity index (χ0n) is 10.4. The standard InChI is InChI=1S/C14H22N2/c1-11-9-15-7-6-14(11)10-16-12(2)8-13-4-3-5-13/h6-7,9,12-13,16H,3-5,8,10H2,1-2H3. The maximum Gasteiger partial charge on any atom is 0.0300 e. The lowest BCUT2D eigenvalue weighted by molar-refractivity contribution is 0.265. The van der Waals surface area contributed by atoms with Crippen molar-refractivity contribution in [2.75, 3.05) is 0 Å². The molecule has 0 saturated heterocycles. The van der Waals surface area contributed by atoms with Crippen molar-refractivity contribution in [3.63, 3.8) is 0 Å². The lowest BCUT2D eigenvalue weighted by Crippen LogP contribution is -2.30. The van der Waals surface area contributed by atoms with E-state index < -0.39 is 0 Å². The second kappa shape index (κ2) is 5.44. The molecule has 1 atom stereocenters. The molecule has 16 heavy (non-hydrogen) atoms. The van der Waals surface area contributed by atoms with Crippen molar-refractivity contribution in [3.8, 4) is 0 Å². The van der Waals surface area contributed by atoms with Crippen LogP contribution in [0.4, 0.5) is 0 Å². The third-order valence-electron chi connectivity index (χ3n) is 3.69. The zero-order chi connectivity index (χ0) is 11.4. The summed E-state index contributed by atoms with van der Waals surface area (Å²) in [5.74, 6) is 0.987. The van der Waals surface area contributed by atoms with Gasteiger partial charge in [0.15, 0.2) is 0 Å². The van der Waals surface area contributed by atoms with Crippen LogP contribution in [0.5, 0.6) is 0 Å². The van der Waals surface area contributed by atoms with Crippen molar-refractivity contribution in [1.29, 1.82) is 0 Å². The Morgan fingerprint density at radius 1 is 1.50 bits per heavy atom. The van der Waals surface area contributed by atoms with Crippen molar-refractivity contribution in [3.05, 3.63) is 29.6 Å². The molecular weight excluding hydrogens is 196 g/mol. The van der Waals surface area contributed by atoms with E-state index in [0.29, 0.717) is 6.04 Å². The van der Waals surface area contributed by atoms with Gasteiger partial charge in [0, 0.05) is 25.0 Å². The van der Waals surface area contributed by atoms with Crippen LogP contribution in [-0.4, -0.2) is 11.0 Å². The molecule has 0 bridgehead atoms. The number of rotatable bonds is 5. The third-order valence-corrected chi connectivity index (χ3v) is 3.69. The summed E-state index contributed by atoms with van der Waals surface area (Å²) in [5.41, 5.74) is 2.65. The fraction of sp³-hybridized carbons (Fsp3) is 0.643. The summed E-state index contributed by atoms with van der Waals surface area (Å²) in [6.45, 7) is 5.40. The molecule has 1 aromatic heterocycles. The molecule has 0 aliphatic heterocycles. The number of hydrogen-bond donors (Lipinski definition) is 1. The quantitative estimate of drug-likeness (QED) is 0.821. The van der Waals surface area contributed by atoms with E-state index in [4.69, 9.17) is 0 Å². The highest BCUT2D eigenvalue weighted by atomic mass is 14.9. The van der Waals surface area contributed by atoms with E-state index in [1.165, 1.54) is 36.8 Å². The molecular formula is C14H22N2. The maximum atomic E-state index is 4.12. The highest BCUT2D eigenvalue weighted by Crippen LogP contribution is 2.30. The van der Waals surface area contributed by atoms with Gasteiger partial charge < -0.3 is 5.32 Å². The van der Waals surface area contributed by atoms with Crippen LogP contribution in [0, 0.1) is 12.8 Å². The van der Waals surface area contributed by atoms with Crippen LogP contribution in [0.1, 0.15) is 43.7 Å². The molecule has 0 radical (unpaired) electrons. The third kappa shape index (κ3) is 3.05. The molecule has 1 heterocycles. The summed E-state index contributed by atoms with van der Waals surface area (Å²) in [6, 6.07) is 2.75. The maximum absolute atomic E-state index is 4.12. The Bertz CT molecular complexity index is 331. The fourth-order valence-corrected chi connectivity index (χ4v) is 2.30. The van der Waals surface area contributed by atoms with E-state index in [9.17, 15) is 0 Å². The van der Waals surface area contributed by atoms with Gasteiger partial charge >= 0.3 is 0 Å². The Morgan fingerprint density at radius 2 is 2.31 bits per heavy atom. The first-order valence-corrected chi connectivity index (χ1v) is 6.38. The minimum Gasteiger partial charge on any atom is -0.310 e. The van der Waals surface area contributed by atoms with E-state index >= 15 is 0 Å². The Labute approximate surface area is 98.5 Å². The van der Waals surface area contributed by atoms with Crippen LogP contribution in [0.15, 0.2) is 18.5 Å². The van der Waals surface area contributed by atoms with Gasteiger partial charge in [0.05, 0.1) is 0 Å². The first kappa shape index (κ1) is 11.6. The molecule has 1 unspecified atom stereocenters. The van der Waals surface area contributed by atoms with Crippen LogP contribution in [0.3, 0.4) is 0 Å². The number of pyridine rings is 1. The molecule has 1 fully saturated rings. The average molecular weight is 218 g/mol. The highest BCUT2D eigenvalue weighted by Gasteiger charge is 2.19. The Balaban J connectivity index is 1.75. The van der Waals surface area contributed by atoms with Gasteiger partial charge in [0.1, 0.15) is 0 Å². The Morgan fingerprint density at radius 3 is 2.94 bits per heavy atom. The largest absolute Gasteiger partial charge is 0.310 e. The van der Waals surface area contributed by atoms with Crippen LogP contribution < -0.4 is 5.32 Å². The normalized spacial score (nSPS) is 18.1. The summed E-state index contributed by atoms with van der Waals surface area (Å²) in [6.07, 6.45) is 9.49. The molecule has 1 aromatic rings. The lowest BCUT2D eigenvalue weighted by Gasteiger charge is -2.28. The topological polar surface area (TPSA) is 24.9 Å². The minimum absolute atomic E-state index is 0.637. The van der Waals surface area contributed by atoms with Gasteiger partial charge in [0.25, 0.3) is 0 Å². The van der Waals surface area contributed by atoms with Gasteiger partial charge in [-0.15, -0.1) is 0 Å². The number of nitrogens with zero attached hydrogens (tertiary/aromatic N) is 1. The summed E-state index contributed by atoms with van der Waals surface area (Å²) in [7, 11) is 0. The predicted octanol–water partition coefficient (Wildman–Crippen LogP) is 3.06. The van der Waals surface area contributed by atoms with Crippen molar-refractivity contribution in [2.45, 2.75) is 52.1 Å². The number of aryl methyl sites for hydroxylation is 1. The SMILES string of the molecule is Cc1cnccc1CNC(C)CC1CCC1. The highest BCUT2D eigenvalue weighted by molar-refractivity contribution is 5.21. The summed E-state index contributed by atoms with van der Waals surface area (Å²) < 4.78 is 0. The van der Waals surface area contributed by atoms with Crippen molar-refractivity contribution in [1.82, 2.24) is 10.3 Å². The molecule has 1 N–H and O–H groups in total. The van der Waals surface area contributed by atoms with Crippen molar-refractivity contribution >= 4 is 0 Å². The second-order valence-electron chi connectivity index (χ2n) is 5.12. The van der Waals surface area contributed by atoms with E-state index in [1.807, 2.05) is 12.4 Å². The first-order valence-electron chi connectivity index (χ1n) is 6.38. The molecule has 2 heteroatoms. The summed E-state index contributed by atoms with van der Waals surface area (Å²) >= 11 is 0. The molecule has 2 rings (SSSR count). The number of aromatic nitrogens is 1. The summed E-state index contributed by atoms with van der Waals surface area (Å²) in [5, 5.41) is 3.61. The smallest absolute Gasteiger partial charge is 0.0300 e. The fourth-order valence-electron chi connectivity index (χ4n) is 2.30. The van der Waals surface area contributed by atoms with E-state index in [2.05, 4.69) is 30.2 Å². The molecule has 1 aliphatic rings. The minimum atomic E-state index is 0.637. The van der Waals surface area contributed by atoms with Crippen molar-refractivity contribution in [2.24, 2.45) is 5.92 Å². The molecule has 1 aliphatic carbocycles. The molecule has 88 valence electrons. The van der Waals surface area contributed by atoms with Crippen LogP contribution >= 0.6 is 0 Å². The Kier molecular flexibility index (Phi) is 3.94. The van der Waals surface area contributed by atoms with Crippen molar-refractivity contribution < 1.29 is 0 Å². The van der Waals surface area contributed by atoms with E-state index in [1.54, 1.807) is 0 Å². The molecule has 0 spiro atoms. The van der Waals surface area contributed by atoms with Gasteiger partial charge in [-0.2, -0.15) is 0 Å². The van der Waals surface area contributed by atoms with Gasteiger partial charge in [-0.05, 0) is 43.4 Å². The van der Waals surface area contributed by atoms with Crippen LogP contribution in [-0.2, 0) is 6.54 Å². The van der Waals surface area contributed by atoms with Crippen LogP contribution in [0.2, 0.25) is 0 Å². The van der Waals surface area contributed by atoms with E-state index in [0.717, 1.165) is 12.5 Å². The predicted molar refractivity (Wildman–Crippen MR) is 67.2 cm³/mol. The Hall–Kier alpha value is -0.890. The van der Waals surface area contributed by atoms with Gasteiger partial charge in [0.2, 0.25) is 0 Å².